The fourth-order valence-corrected chi connectivity index (χ4v) is 1.31. The molecule has 0 aromatic heterocycles. The summed E-state index contributed by atoms with van der Waals surface area (Å²) in [6.07, 6.45) is 7.74. The topological polar surface area (TPSA) is 78.9 Å². The van der Waals surface area contributed by atoms with Crippen molar-refractivity contribution < 1.29 is 28.6 Å². The first-order valence-electron chi connectivity index (χ1n) is 6.64. The second-order valence-electron chi connectivity index (χ2n) is 4.01. The zero-order valence-corrected chi connectivity index (χ0v) is 12.5. The van der Waals surface area contributed by atoms with Crippen LogP contribution in [0.4, 0.5) is 0 Å². The summed E-state index contributed by atoms with van der Waals surface area (Å²) in [6.45, 7) is 0.0152. The average molecular weight is 316 g/mol. The van der Waals surface area contributed by atoms with Gasteiger partial charge in [-0.3, -0.25) is 0 Å². The molecular weight excluding hydrogens is 300 g/mol. The Kier molecular flexibility index (Phi) is 8.22. The maximum atomic E-state index is 11.6. The maximum absolute atomic E-state index is 11.6. The van der Waals surface area contributed by atoms with Crippen molar-refractivity contribution in [1.29, 1.82) is 0 Å². The molecule has 0 saturated heterocycles. The summed E-state index contributed by atoms with van der Waals surface area (Å²) in [7, 11) is 1.21. The van der Waals surface area contributed by atoms with Crippen molar-refractivity contribution in [3.8, 4) is 0 Å². The molecule has 0 N–H and O–H groups in total. The summed E-state index contributed by atoms with van der Waals surface area (Å²) in [4.78, 5) is 33.5. The summed E-state index contributed by atoms with van der Waals surface area (Å²) in [5.74, 6) is -1.77. The lowest BCUT2D eigenvalue weighted by atomic mass is 10.2. The molecule has 0 aliphatic carbocycles. The van der Waals surface area contributed by atoms with E-state index in [0.29, 0.717) is 5.56 Å². The number of allylic oxidation sites excluding steroid dienone is 2. The van der Waals surface area contributed by atoms with E-state index in [4.69, 9.17) is 9.47 Å². The average Bonchev–Trinajstić information content (AvgIpc) is 2.59. The number of rotatable bonds is 7. The minimum Gasteiger partial charge on any atom is -0.466 e. The van der Waals surface area contributed by atoms with Gasteiger partial charge in [-0.05, 0) is 24.3 Å². The first-order chi connectivity index (χ1) is 11.1. The Hall–Kier alpha value is -3.15. The number of hydrogen-bond donors (Lipinski definition) is 0. The number of ether oxygens (including phenoxy) is 3. The fraction of sp³-hybridized carbons (Fsp3) is 0.118. The number of hydrogen-bond acceptors (Lipinski definition) is 6. The van der Waals surface area contributed by atoms with Gasteiger partial charge >= 0.3 is 17.9 Å². The van der Waals surface area contributed by atoms with Crippen LogP contribution in [0.3, 0.4) is 0 Å². The highest BCUT2D eigenvalue weighted by Gasteiger charge is 2.02. The lowest BCUT2D eigenvalue weighted by Crippen LogP contribution is -2.02. The third-order valence-corrected chi connectivity index (χ3v) is 2.39. The molecule has 0 spiro atoms. The molecule has 23 heavy (non-hydrogen) atoms. The largest absolute Gasteiger partial charge is 0.466 e. The van der Waals surface area contributed by atoms with E-state index in [2.05, 4.69) is 4.74 Å². The van der Waals surface area contributed by atoms with Crippen molar-refractivity contribution in [1.82, 2.24) is 0 Å². The Labute approximate surface area is 133 Å². The van der Waals surface area contributed by atoms with Gasteiger partial charge in [0.25, 0.3) is 0 Å². The highest BCUT2D eigenvalue weighted by atomic mass is 16.5. The summed E-state index contributed by atoms with van der Waals surface area (Å²) >= 11 is 0. The molecule has 0 saturated carbocycles. The van der Waals surface area contributed by atoms with E-state index < -0.39 is 17.9 Å². The van der Waals surface area contributed by atoms with Gasteiger partial charge in [-0.2, -0.15) is 0 Å². The number of benzene rings is 1. The summed E-state index contributed by atoms with van der Waals surface area (Å²) < 4.78 is 14.0. The van der Waals surface area contributed by atoms with Gasteiger partial charge in [0.1, 0.15) is 6.61 Å². The molecule has 0 radical (unpaired) electrons. The molecule has 0 atom stereocenters. The van der Waals surface area contributed by atoms with Crippen molar-refractivity contribution >= 4 is 17.9 Å². The van der Waals surface area contributed by atoms with Crippen LogP contribution < -0.4 is 0 Å². The minimum absolute atomic E-state index is 0.0152. The quantitative estimate of drug-likeness (QED) is 0.252. The SMILES string of the molecule is COC(=O)/C=C\C(=O)OC/C=C/C=C/OC(=O)c1ccccc1. The molecule has 0 heterocycles. The standard InChI is InChI=1S/C17H16O6/c1-21-15(18)10-11-16(19)22-12-6-3-7-13-23-17(20)14-8-4-2-5-9-14/h2-11,13H,12H2,1H3/b6-3+,11-10-,13-7+. The smallest absolute Gasteiger partial charge is 0.342 e. The van der Waals surface area contributed by atoms with E-state index in [-0.39, 0.29) is 6.61 Å². The zero-order chi connectivity index (χ0) is 16.9. The Bertz CT molecular complexity index is 613. The Morgan fingerprint density at radius 1 is 1.00 bits per heavy atom. The van der Waals surface area contributed by atoms with Gasteiger partial charge in [0.2, 0.25) is 0 Å². The molecule has 6 heteroatoms. The molecule has 0 fully saturated rings. The molecule has 1 aromatic rings. The van der Waals surface area contributed by atoms with Gasteiger partial charge in [-0.1, -0.05) is 24.3 Å². The van der Waals surface area contributed by atoms with Crippen LogP contribution in [0.2, 0.25) is 0 Å². The number of esters is 3. The zero-order valence-electron chi connectivity index (χ0n) is 12.5. The van der Waals surface area contributed by atoms with E-state index >= 15 is 0 Å². The van der Waals surface area contributed by atoms with Crippen LogP contribution in [0.1, 0.15) is 10.4 Å². The van der Waals surface area contributed by atoms with Gasteiger partial charge < -0.3 is 14.2 Å². The van der Waals surface area contributed by atoms with Crippen molar-refractivity contribution in [2.45, 2.75) is 0 Å². The molecule has 0 amide bonds. The molecular formula is C17H16O6. The second-order valence-corrected chi connectivity index (χ2v) is 4.01. The summed E-state index contributed by atoms with van der Waals surface area (Å²) in [5, 5.41) is 0. The van der Waals surface area contributed by atoms with Crippen LogP contribution in [0.5, 0.6) is 0 Å². The van der Waals surface area contributed by atoms with E-state index in [1.165, 1.54) is 25.5 Å². The van der Waals surface area contributed by atoms with Gasteiger partial charge in [-0.15, -0.1) is 0 Å². The van der Waals surface area contributed by atoms with E-state index in [1.54, 1.807) is 36.4 Å². The third-order valence-electron chi connectivity index (χ3n) is 2.39. The predicted molar refractivity (Wildman–Crippen MR) is 82.3 cm³/mol. The van der Waals surface area contributed by atoms with Crippen LogP contribution in [0.15, 0.2) is 67.0 Å². The van der Waals surface area contributed by atoms with E-state index in [0.717, 1.165) is 12.2 Å². The summed E-state index contributed by atoms with van der Waals surface area (Å²) in [6, 6.07) is 8.57. The number of carbonyl (C=O) groups is 3. The Balaban J connectivity index is 2.23. The van der Waals surface area contributed by atoms with E-state index in [9.17, 15) is 14.4 Å². The normalized spacial score (nSPS) is 11.0. The van der Waals surface area contributed by atoms with Crippen LogP contribution in [-0.2, 0) is 23.8 Å². The van der Waals surface area contributed by atoms with Gasteiger partial charge in [-0.25, -0.2) is 14.4 Å². The molecule has 6 nitrogen and oxygen atoms in total. The Morgan fingerprint density at radius 2 is 1.70 bits per heavy atom. The lowest BCUT2D eigenvalue weighted by molar-refractivity contribution is -0.138. The van der Waals surface area contributed by atoms with Crippen LogP contribution in [-0.4, -0.2) is 31.6 Å². The highest BCUT2D eigenvalue weighted by molar-refractivity contribution is 5.91. The van der Waals surface area contributed by atoms with Crippen LogP contribution in [0, 0.1) is 0 Å². The van der Waals surface area contributed by atoms with Gasteiger partial charge in [0, 0.05) is 12.2 Å². The van der Waals surface area contributed by atoms with Crippen LogP contribution in [0.25, 0.3) is 0 Å². The molecule has 0 aliphatic heterocycles. The van der Waals surface area contributed by atoms with Crippen LogP contribution >= 0.6 is 0 Å². The van der Waals surface area contributed by atoms with Crippen molar-refractivity contribution in [2.75, 3.05) is 13.7 Å². The highest BCUT2D eigenvalue weighted by Crippen LogP contribution is 2.01. The van der Waals surface area contributed by atoms with Gasteiger partial charge in [0.15, 0.2) is 0 Å². The molecule has 1 aromatic carbocycles. The van der Waals surface area contributed by atoms with Crippen molar-refractivity contribution in [2.24, 2.45) is 0 Å². The summed E-state index contributed by atoms with van der Waals surface area (Å²) in [5.41, 5.74) is 0.451. The molecule has 0 unspecified atom stereocenters. The van der Waals surface area contributed by atoms with Gasteiger partial charge in [0.05, 0.1) is 18.9 Å². The molecule has 0 aliphatic rings. The first-order valence-corrected chi connectivity index (χ1v) is 6.64. The fourth-order valence-electron chi connectivity index (χ4n) is 1.31. The Morgan fingerprint density at radius 3 is 2.39 bits per heavy atom. The first kappa shape index (κ1) is 17.9. The molecule has 0 bridgehead atoms. The predicted octanol–water partition coefficient (Wildman–Crippen LogP) is 2.19. The number of carbonyl (C=O) groups excluding carboxylic acids is 3. The maximum Gasteiger partial charge on any atom is 0.342 e. The van der Waals surface area contributed by atoms with E-state index in [1.807, 2.05) is 0 Å². The monoisotopic (exact) mass is 316 g/mol. The lowest BCUT2D eigenvalue weighted by Gasteiger charge is -1.97. The number of methoxy groups -OCH3 is 1. The second kappa shape index (κ2) is 10.6. The van der Waals surface area contributed by atoms with Crippen molar-refractivity contribution in [3.05, 3.63) is 72.5 Å². The third kappa shape index (κ3) is 8.01. The van der Waals surface area contributed by atoms with Crippen molar-refractivity contribution in [3.63, 3.8) is 0 Å². The minimum atomic E-state index is -0.667. The molecule has 1 rings (SSSR count). The molecule has 120 valence electrons.